The van der Waals surface area contributed by atoms with Crippen LogP contribution in [0.15, 0.2) is 24.3 Å². The molecule has 0 radical (unpaired) electrons. The highest BCUT2D eigenvalue weighted by Crippen LogP contribution is 2.30. The Bertz CT molecular complexity index is 361. The highest BCUT2D eigenvalue weighted by atomic mass is 19.1. The smallest absolute Gasteiger partial charge is 0.123 e. The summed E-state index contributed by atoms with van der Waals surface area (Å²) >= 11 is 0. The molecular weight excluding hydrogens is 227 g/mol. The van der Waals surface area contributed by atoms with Gasteiger partial charge in [-0.2, -0.15) is 0 Å². The molecule has 1 unspecified atom stereocenters. The molecule has 1 saturated carbocycles. The molecule has 100 valence electrons. The minimum atomic E-state index is -0.189. The van der Waals surface area contributed by atoms with E-state index in [1.165, 1.54) is 44.6 Å². The third-order valence-corrected chi connectivity index (χ3v) is 4.04. The summed E-state index contributed by atoms with van der Waals surface area (Å²) < 4.78 is 13.2. The molecule has 1 atom stereocenters. The van der Waals surface area contributed by atoms with E-state index in [-0.39, 0.29) is 11.9 Å². The third-order valence-electron chi connectivity index (χ3n) is 4.04. The first-order valence-electron chi connectivity index (χ1n) is 7.01. The highest BCUT2D eigenvalue weighted by Gasteiger charge is 2.16. The van der Waals surface area contributed by atoms with E-state index >= 15 is 0 Å². The minimum absolute atomic E-state index is 0.0719. The molecule has 3 heteroatoms. The van der Waals surface area contributed by atoms with Crippen molar-refractivity contribution < 1.29 is 4.39 Å². The van der Waals surface area contributed by atoms with E-state index in [0.717, 1.165) is 17.9 Å². The van der Waals surface area contributed by atoms with Gasteiger partial charge in [0.2, 0.25) is 0 Å². The van der Waals surface area contributed by atoms with Crippen LogP contribution in [0.25, 0.3) is 0 Å². The summed E-state index contributed by atoms with van der Waals surface area (Å²) in [7, 11) is 0. The molecule has 18 heavy (non-hydrogen) atoms. The molecule has 0 spiro atoms. The summed E-state index contributed by atoms with van der Waals surface area (Å²) in [5.41, 5.74) is 3.77. The Kier molecular flexibility index (Phi) is 5.14. The lowest BCUT2D eigenvalue weighted by Crippen LogP contribution is -2.28. The van der Waals surface area contributed by atoms with Gasteiger partial charge < -0.3 is 0 Å². The Hall–Kier alpha value is -0.930. The molecule has 1 aliphatic carbocycles. The number of hydrazine groups is 1. The van der Waals surface area contributed by atoms with E-state index in [4.69, 9.17) is 5.84 Å². The standard InChI is InChI=1S/C15H23FN2/c16-14-8-4-7-13(11-14)15(18-17)10-9-12-5-2-1-3-6-12/h4,7-8,11-12,15,18H,1-3,5-6,9-10,17H2. The van der Waals surface area contributed by atoms with Crippen molar-refractivity contribution in [2.24, 2.45) is 11.8 Å². The third kappa shape index (κ3) is 3.79. The molecule has 0 amide bonds. The normalized spacial score (nSPS) is 18.8. The van der Waals surface area contributed by atoms with E-state index in [2.05, 4.69) is 5.43 Å². The van der Waals surface area contributed by atoms with Crippen LogP contribution in [0, 0.1) is 11.7 Å². The molecule has 3 N–H and O–H groups in total. The fraction of sp³-hybridized carbons (Fsp3) is 0.600. The molecule has 1 fully saturated rings. The molecular formula is C15H23FN2. The lowest BCUT2D eigenvalue weighted by Gasteiger charge is -2.24. The summed E-state index contributed by atoms with van der Waals surface area (Å²) in [5.74, 6) is 6.24. The van der Waals surface area contributed by atoms with Gasteiger partial charge in [-0.1, -0.05) is 44.2 Å². The predicted octanol–water partition coefficient (Wildman–Crippen LogP) is 3.69. The number of hydrogen-bond donors (Lipinski definition) is 2. The zero-order valence-corrected chi connectivity index (χ0v) is 10.9. The van der Waals surface area contributed by atoms with Gasteiger partial charge in [-0.05, 0) is 36.5 Å². The van der Waals surface area contributed by atoms with Gasteiger partial charge in [-0.3, -0.25) is 11.3 Å². The lowest BCUT2D eigenvalue weighted by molar-refractivity contribution is 0.315. The zero-order chi connectivity index (χ0) is 12.8. The summed E-state index contributed by atoms with van der Waals surface area (Å²) in [6.45, 7) is 0. The quantitative estimate of drug-likeness (QED) is 0.618. The Labute approximate surface area is 109 Å². The van der Waals surface area contributed by atoms with Crippen molar-refractivity contribution in [2.45, 2.75) is 51.0 Å². The number of benzene rings is 1. The Morgan fingerprint density at radius 2 is 2.06 bits per heavy atom. The highest BCUT2D eigenvalue weighted by molar-refractivity contribution is 5.19. The second-order valence-corrected chi connectivity index (χ2v) is 5.36. The van der Waals surface area contributed by atoms with Crippen molar-refractivity contribution in [1.29, 1.82) is 0 Å². The maximum absolute atomic E-state index is 13.2. The fourth-order valence-electron chi connectivity index (χ4n) is 2.95. The maximum atomic E-state index is 13.2. The van der Waals surface area contributed by atoms with E-state index in [9.17, 15) is 4.39 Å². The van der Waals surface area contributed by atoms with Gasteiger partial charge in [-0.15, -0.1) is 0 Å². The van der Waals surface area contributed by atoms with Crippen molar-refractivity contribution in [3.63, 3.8) is 0 Å². The Balaban J connectivity index is 1.88. The van der Waals surface area contributed by atoms with Crippen LogP contribution in [-0.4, -0.2) is 0 Å². The topological polar surface area (TPSA) is 38.0 Å². The van der Waals surface area contributed by atoms with Crippen LogP contribution in [0.2, 0.25) is 0 Å². The van der Waals surface area contributed by atoms with Crippen LogP contribution in [0.5, 0.6) is 0 Å². The Morgan fingerprint density at radius 3 is 2.72 bits per heavy atom. The number of nitrogens with two attached hydrogens (primary N) is 1. The Morgan fingerprint density at radius 1 is 1.28 bits per heavy atom. The van der Waals surface area contributed by atoms with Crippen molar-refractivity contribution in [1.82, 2.24) is 5.43 Å². The zero-order valence-electron chi connectivity index (χ0n) is 10.9. The predicted molar refractivity (Wildman–Crippen MR) is 72.3 cm³/mol. The van der Waals surface area contributed by atoms with Crippen LogP contribution >= 0.6 is 0 Å². The van der Waals surface area contributed by atoms with Gasteiger partial charge in [0.1, 0.15) is 5.82 Å². The van der Waals surface area contributed by atoms with Gasteiger partial charge >= 0.3 is 0 Å². The molecule has 1 aliphatic rings. The van der Waals surface area contributed by atoms with Gasteiger partial charge in [-0.25, -0.2) is 4.39 Å². The average molecular weight is 250 g/mol. The first-order valence-corrected chi connectivity index (χ1v) is 7.01. The van der Waals surface area contributed by atoms with Crippen LogP contribution in [0.3, 0.4) is 0 Å². The van der Waals surface area contributed by atoms with E-state index < -0.39 is 0 Å². The minimum Gasteiger partial charge on any atom is -0.271 e. The van der Waals surface area contributed by atoms with Gasteiger partial charge in [0.05, 0.1) is 0 Å². The molecule has 2 nitrogen and oxygen atoms in total. The van der Waals surface area contributed by atoms with E-state index in [1.54, 1.807) is 12.1 Å². The fourth-order valence-corrected chi connectivity index (χ4v) is 2.95. The average Bonchev–Trinajstić information content (AvgIpc) is 2.41. The van der Waals surface area contributed by atoms with E-state index in [1.807, 2.05) is 6.07 Å². The van der Waals surface area contributed by atoms with Gasteiger partial charge in [0.25, 0.3) is 0 Å². The van der Waals surface area contributed by atoms with Crippen molar-refractivity contribution in [3.8, 4) is 0 Å². The molecule has 0 heterocycles. The van der Waals surface area contributed by atoms with Crippen LogP contribution in [-0.2, 0) is 0 Å². The number of hydrogen-bond acceptors (Lipinski definition) is 2. The molecule has 0 aromatic heterocycles. The molecule has 0 bridgehead atoms. The summed E-state index contributed by atoms with van der Waals surface area (Å²) in [4.78, 5) is 0. The second-order valence-electron chi connectivity index (χ2n) is 5.36. The largest absolute Gasteiger partial charge is 0.271 e. The van der Waals surface area contributed by atoms with Gasteiger partial charge in [0, 0.05) is 6.04 Å². The maximum Gasteiger partial charge on any atom is 0.123 e. The van der Waals surface area contributed by atoms with Gasteiger partial charge in [0.15, 0.2) is 0 Å². The first-order chi connectivity index (χ1) is 8.79. The SMILES string of the molecule is NNC(CCC1CCCCC1)c1cccc(F)c1. The molecule has 0 aliphatic heterocycles. The summed E-state index contributed by atoms with van der Waals surface area (Å²) in [6.07, 6.45) is 8.99. The van der Waals surface area contributed by atoms with Crippen molar-refractivity contribution in [3.05, 3.63) is 35.6 Å². The summed E-state index contributed by atoms with van der Waals surface area (Å²) in [5, 5.41) is 0. The number of nitrogens with one attached hydrogen (secondary N) is 1. The molecule has 0 saturated heterocycles. The van der Waals surface area contributed by atoms with Crippen molar-refractivity contribution in [2.75, 3.05) is 0 Å². The molecule has 2 rings (SSSR count). The number of rotatable bonds is 5. The summed E-state index contributed by atoms with van der Waals surface area (Å²) in [6, 6.07) is 6.80. The van der Waals surface area contributed by atoms with E-state index in [0.29, 0.717) is 0 Å². The van der Waals surface area contributed by atoms with Crippen molar-refractivity contribution >= 4 is 0 Å². The lowest BCUT2D eigenvalue weighted by atomic mass is 9.84. The van der Waals surface area contributed by atoms with Crippen LogP contribution < -0.4 is 11.3 Å². The molecule has 1 aromatic rings. The van der Waals surface area contributed by atoms with Crippen LogP contribution in [0.4, 0.5) is 4.39 Å². The number of halogens is 1. The molecule has 1 aromatic carbocycles. The van der Waals surface area contributed by atoms with Crippen LogP contribution in [0.1, 0.15) is 56.6 Å². The second kappa shape index (κ2) is 6.86. The first kappa shape index (κ1) is 13.5. The monoisotopic (exact) mass is 250 g/mol.